The van der Waals surface area contributed by atoms with Crippen LogP contribution in [0.25, 0.3) is 16.6 Å². The van der Waals surface area contributed by atoms with Gasteiger partial charge in [-0.15, -0.1) is 0 Å². The maximum absolute atomic E-state index is 13.4. The van der Waals surface area contributed by atoms with Crippen LogP contribution in [0.2, 0.25) is 0 Å². The number of carbonyl (C=O) groups is 1. The molecule has 0 saturated carbocycles. The summed E-state index contributed by atoms with van der Waals surface area (Å²) in [5.74, 6) is -0.472. The molecule has 4 aromatic rings. The van der Waals surface area contributed by atoms with E-state index >= 15 is 0 Å². The zero-order valence-electron chi connectivity index (χ0n) is 15.5. The Morgan fingerprint density at radius 3 is 2.21 bits per heavy atom. The van der Waals surface area contributed by atoms with E-state index in [9.17, 15) is 14.4 Å². The number of hydrogen-bond donors (Lipinski definition) is 0. The third-order valence-corrected chi connectivity index (χ3v) is 4.78. The molecule has 0 unspecified atom stereocenters. The molecule has 0 bridgehead atoms. The molecule has 0 fully saturated rings. The number of nitrogens with zero attached hydrogens (tertiary/aromatic N) is 2. The van der Waals surface area contributed by atoms with Gasteiger partial charge in [0.25, 0.3) is 11.5 Å². The maximum atomic E-state index is 13.4. The fourth-order valence-electron chi connectivity index (χ4n) is 3.43. The zero-order valence-corrected chi connectivity index (χ0v) is 15.5. The SMILES string of the molecule is Cc1ccc(-n2c(=O)c3ccccc3n(C(=O)c3ccccc3)c2=O)c(C)c1. The van der Waals surface area contributed by atoms with Crippen LogP contribution in [0, 0.1) is 13.8 Å². The monoisotopic (exact) mass is 370 g/mol. The second-order valence-electron chi connectivity index (χ2n) is 6.74. The van der Waals surface area contributed by atoms with Crippen molar-refractivity contribution >= 4 is 16.8 Å². The lowest BCUT2D eigenvalue weighted by Crippen LogP contribution is -2.42. The molecule has 0 amide bonds. The molecule has 1 heterocycles. The Hall–Kier alpha value is -3.73. The summed E-state index contributed by atoms with van der Waals surface area (Å²) in [4.78, 5) is 39.7. The highest BCUT2D eigenvalue weighted by atomic mass is 16.2. The van der Waals surface area contributed by atoms with Crippen molar-refractivity contribution in [3.8, 4) is 5.69 Å². The second kappa shape index (κ2) is 6.78. The van der Waals surface area contributed by atoms with Crippen molar-refractivity contribution in [1.29, 1.82) is 0 Å². The van der Waals surface area contributed by atoms with E-state index < -0.39 is 17.2 Å². The Kier molecular flexibility index (Phi) is 4.28. The lowest BCUT2D eigenvalue weighted by Gasteiger charge is -2.15. The first-order chi connectivity index (χ1) is 13.5. The highest BCUT2D eigenvalue weighted by Gasteiger charge is 2.20. The summed E-state index contributed by atoms with van der Waals surface area (Å²) in [6.45, 7) is 3.78. The highest BCUT2D eigenvalue weighted by Crippen LogP contribution is 2.16. The van der Waals surface area contributed by atoms with Gasteiger partial charge in [0, 0.05) is 5.56 Å². The third-order valence-electron chi connectivity index (χ3n) is 4.78. The van der Waals surface area contributed by atoms with Crippen molar-refractivity contribution in [1.82, 2.24) is 9.13 Å². The minimum atomic E-state index is -0.676. The Bertz CT molecular complexity index is 1330. The van der Waals surface area contributed by atoms with Crippen LogP contribution >= 0.6 is 0 Å². The topological polar surface area (TPSA) is 61.1 Å². The molecule has 0 radical (unpaired) electrons. The van der Waals surface area contributed by atoms with E-state index in [1.54, 1.807) is 60.7 Å². The Morgan fingerprint density at radius 2 is 1.50 bits per heavy atom. The van der Waals surface area contributed by atoms with Crippen LogP contribution in [-0.4, -0.2) is 15.0 Å². The van der Waals surface area contributed by atoms with Crippen molar-refractivity contribution < 1.29 is 4.79 Å². The van der Waals surface area contributed by atoms with Gasteiger partial charge in [0.15, 0.2) is 0 Å². The van der Waals surface area contributed by atoms with Crippen molar-refractivity contribution in [3.05, 3.63) is 110 Å². The first-order valence-corrected chi connectivity index (χ1v) is 8.93. The fourth-order valence-corrected chi connectivity index (χ4v) is 3.43. The van der Waals surface area contributed by atoms with Gasteiger partial charge in [0.05, 0.1) is 16.6 Å². The smallest absolute Gasteiger partial charge is 0.268 e. The summed E-state index contributed by atoms with van der Waals surface area (Å²) in [5.41, 5.74) is 1.84. The van der Waals surface area contributed by atoms with Gasteiger partial charge >= 0.3 is 5.69 Å². The average Bonchev–Trinajstić information content (AvgIpc) is 2.70. The van der Waals surface area contributed by atoms with Gasteiger partial charge < -0.3 is 0 Å². The predicted octanol–water partition coefficient (Wildman–Crippen LogP) is 3.46. The summed E-state index contributed by atoms with van der Waals surface area (Å²) >= 11 is 0. The van der Waals surface area contributed by atoms with Crippen LogP contribution in [-0.2, 0) is 0 Å². The van der Waals surface area contributed by atoms with Crippen LogP contribution in [0.15, 0.2) is 82.4 Å². The first-order valence-electron chi connectivity index (χ1n) is 8.93. The number of carbonyl (C=O) groups excluding carboxylic acids is 1. The largest absolute Gasteiger partial charge is 0.343 e. The lowest BCUT2D eigenvalue weighted by molar-refractivity contribution is 0.0958. The number of fused-ring (bicyclic) bond motifs is 1. The maximum Gasteiger partial charge on any atom is 0.343 e. The Balaban J connectivity index is 2.13. The third kappa shape index (κ3) is 2.77. The van der Waals surface area contributed by atoms with E-state index in [-0.39, 0.29) is 0 Å². The quantitative estimate of drug-likeness (QED) is 0.543. The van der Waals surface area contributed by atoms with E-state index in [0.29, 0.717) is 22.2 Å². The molecule has 0 atom stereocenters. The van der Waals surface area contributed by atoms with Crippen molar-refractivity contribution in [2.24, 2.45) is 0 Å². The highest BCUT2D eigenvalue weighted by molar-refractivity contribution is 6.01. The number of para-hydroxylation sites is 1. The zero-order chi connectivity index (χ0) is 19.8. The molecular weight excluding hydrogens is 352 g/mol. The fraction of sp³-hybridized carbons (Fsp3) is 0.0870. The Labute approximate surface area is 161 Å². The lowest BCUT2D eigenvalue weighted by atomic mass is 10.1. The van der Waals surface area contributed by atoms with E-state index in [1.165, 1.54) is 0 Å². The van der Waals surface area contributed by atoms with Crippen molar-refractivity contribution in [3.63, 3.8) is 0 Å². The molecule has 0 saturated heterocycles. The van der Waals surface area contributed by atoms with E-state index in [1.807, 2.05) is 26.0 Å². The van der Waals surface area contributed by atoms with E-state index in [0.717, 1.165) is 20.3 Å². The molecule has 0 aliphatic heterocycles. The van der Waals surface area contributed by atoms with Gasteiger partial charge in [-0.2, -0.15) is 0 Å². The molecule has 0 aliphatic rings. The van der Waals surface area contributed by atoms with Gasteiger partial charge in [-0.3, -0.25) is 9.59 Å². The minimum absolute atomic E-state index is 0.298. The summed E-state index contributed by atoms with van der Waals surface area (Å²) in [6, 6.07) is 20.7. The average molecular weight is 370 g/mol. The van der Waals surface area contributed by atoms with Crippen LogP contribution in [0.3, 0.4) is 0 Å². The van der Waals surface area contributed by atoms with Crippen molar-refractivity contribution in [2.45, 2.75) is 13.8 Å². The molecule has 5 heteroatoms. The molecule has 0 aliphatic carbocycles. The van der Waals surface area contributed by atoms with Crippen LogP contribution in [0.5, 0.6) is 0 Å². The summed E-state index contributed by atoms with van der Waals surface area (Å²) in [6.07, 6.45) is 0. The molecule has 28 heavy (non-hydrogen) atoms. The van der Waals surface area contributed by atoms with Gasteiger partial charge in [-0.1, -0.05) is 48.0 Å². The molecule has 1 aromatic heterocycles. The van der Waals surface area contributed by atoms with Crippen LogP contribution in [0.1, 0.15) is 21.5 Å². The number of rotatable bonds is 2. The summed E-state index contributed by atoms with van der Waals surface area (Å²) < 4.78 is 2.16. The van der Waals surface area contributed by atoms with Gasteiger partial charge in [0.1, 0.15) is 0 Å². The molecule has 3 aromatic carbocycles. The van der Waals surface area contributed by atoms with Gasteiger partial charge in [-0.05, 0) is 49.7 Å². The van der Waals surface area contributed by atoms with Crippen LogP contribution < -0.4 is 11.2 Å². The summed E-state index contributed by atoms with van der Waals surface area (Å²) in [5, 5.41) is 0.311. The first kappa shape index (κ1) is 17.7. The van der Waals surface area contributed by atoms with Gasteiger partial charge in [-0.25, -0.2) is 13.9 Å². The van der Waals surface area contributed by atoms with Crippen LogP contribution in [0.4, 0.5) is 0 Å². The predicted molar refractivity (Wildman–Crippen MR) is 109 cm³/mol. The van der Waals surface area contributed by atoms with E-state index in [4.69, 9.17) is 0 Å². The number of aryl methyl sites for hydroxylation is 2. The van der Waals surface area contributed by atoms with E-state index in [2.05, 4.69) is 0 Å². The second-order valence-corrected chi connectivity index (χ2v) is 6.74. The normalized spacial score (nSPS) is 10.9. The molecule has 5 nitrogen and oxygen atoms in total. The molecule has 4 rings (SSSR count). The standard InChI is InChI=1S/C23H18N2O3/c1-15-12-13-19(16(2)14-15)24-22(27)18-10-6-7-11-20(18)25(23(24)28)21(26)17-8-4-3-5-9-17/h3-14H,1-2H3. The number of hydrogen-bond acceptors (Lipinski definition) is 3. The van der Waals surface area contributed by atoms with Gasteiger partial charge in [0.2, 0.25) is 0 Å². The Morgan fingerprint density at radius 1 is 0.821 bits per heavy atom. The minimum Gasteiger partial charge on any atom is -0.268 e. The summed E-state index contributed by atoms with van der Waals surface area (Å²) in [7, 11) is 0. The molecule has 0 spiro atoms. The molecule has 0 N–H and O–H groups in total. The molecule has 138 valence electrons. The number of aromatic nitrogens is 2. The molecular formula is C23H18N2O3. The number of benzene rings is 3. The van der Waals surface area contributed by atoms with Crippen molar-refractivity contribution in [2.75, 3.05) is 0 Å².